The summed E-state index contributed by atoms with van der Waals surface area (Å²) in [7, 11) is 1.36. The molecule has 2 aromatic rings. The first kappa shape index (κ1) is 13.7. The van der Waals surface area contributed by atoms with Crippen molar-refractivity contribution in [1.29, 1.82) is 0 Å². The van der Waals surface area contributed by atoms with E-state index in [4.69, 9.17) is 0 Å². The predicted octanol–water partition coefficient (Wildman–Crippen LogP) is 3.46. The number of aldehydes is 1. The lowest BCUT2D eigenvalue weighted by atomic mass is 10.1. The van der Waals surface area contributed by atoms with Crippen molar-refractivity contribution in [1.82, 2.24) is 0 Å². The van der Waals surface area contributed by atoms with E-state index in [0.29, 0.717) is 11.1 Å². The molecular formula is C17H14O3. The highest BCUT2D eigenvalue weighted by atomic mass is 16.5. The summed E-state index contributed by atoms with van der Waals surface area (Å²) < 4.78 is 4.64. The van der Waals surface area contributed by atoms with Crippen LogP contribution in [0.2, 0.25) is 0 Å². The van der Waals surface area contributed by atoms with E-state index in [9.17, 15) is 9.59 Å². The van der Waals surface area contributed by atoms with Crippen molar-refractivity contribution in [2.45, 2.75) is 0 Å². The molecule has 2 rings (SSSR count). The van der Waals surface area contributed by atoms with Crippen molar-refractivity contribution in [3.05, 3.63) is 70.8 Å². The second kappa shape index (κ2) is 6.48. The van der Waals surface area contributed by atoms with Gasteiger partial charge in [-0.2, -0.15) is 0 Å². The second-order valence-electron chi connectivity index (χ2n) is 4.23. The largest absolute Gasteiger partial charge is 0.465 e. The Bertz CT molecular complexity index is 622. The van der Waals surface area contributed by atoms with Crippen LogP contribution in [0.4, 0.5) is 0 Å². The third kappa shape index (κ3) is 3.42. The number of hydrogen-bond donors (Lipinski definition) is 0. The van der Waals surface area contributed by atoms with Crippen LogP contribution in [0.1, 0.15) is 31.8 Å². The third-order valence-corrected chi connectivity index (χ3v) is 2.87. The van der Waals surface area contributed by atoms with Crippen LogP contribution in [0, 0.1) is 0 Å². The van der Waals surface area contributed by atoms with Crippen molar-refractivity contribution >= 4 is 24.4 Å². The summed E-state index contributed by atoms with van der Waals surface area (Å²) in [5.74, 6) is -0.343. The van der Waals surface area contributed by atoms with Gasteiger partial charge >= 0.3 is 5.97 Å². The molecule has 0 spiro atoms. The van der Waals surface area contributed by atoms with Gasteiger partial charge in [-0.05, 0) is 23.3 Å². The fourth-order valence-corrected chi connectivity index (χ4v) is 1.73. The summed E-state index contributed by atoms with van der Waals surface area (Å²) >= 11 is 0. The van der Waals surface area contributed by atoms with Crippen LogP contribution in [0.15, 0.2) is 48.5 Å². The Morgan fingerprint density at radius 3 is 1.75 bits per heavy atom. The lowest BCUT2D eigenvalue weighted by molar-refractivity contribution is 0.0600. The van der Waals surface area contributed by atoms with Gasteiger partial charge in [0.1, 0.15) is 6.29 Å². The number of ether oxygens (including phenoxy) is 1. The number of esters is 1. The molecule has 20 heavy (non-hydrogen) atoms. The molecule has 0 N–H and O–H groups in total. The summed E-state index contributed by atoms with van der Waals surface area (Å²) in [5.41, 5.74) is 3.18. The fraction of sp³-hybridized carbons (Fsp3) is 0.0588. The molecule has 0 aromatic heterocycles. The molecule has 3 heteroatoms. The highest BCUT2D eigenvalue weighted by molar-refractivity contribution is 5.89. The average molecular weight is 266 g/mol. The molecule has 0 atom stereocenters. The molecular weight excluding hydrogens is 252 g/mol. The Hall–Kier alpha value is -2.68. The zero-order valence-electron chi connectivity index (χ0n) is 11.1. The minimum Gasteiger partial charge on any atom is -0.465 e. The lowest BCUT2D eigenvalue weighted by Gasteiger charge is -1.99. The molecule has 0 amide bonds. The molecule has 0 unspecified atom stereocenters. The molecule has 0 fully saturated rings. The monoisotopic (exact) mass is 266 g/mol. The van der Waals surface area contributed by atoms with Crippen molar-refractivity contribution < 1.29 is 14.3 Å². The molecule has 3 nitrogen and oxygen atoms in total. The summed E-state index contributed by atoms with van der Waals surface area (Å²) in [5, 5.41) is 0. The summed E-state index contributed by atoms with van der Waals surface area (Å²) in [4.78, 5) is 21.8. The molecule has 0 bridgehead atoms. The van der Waals surface area contributed by atoms with Gasteiger partial charge in [-0.25, -0.2) is 4.79 Å². The van der Waals surface area contributed by atoms with Gasteiger partial charge in [0.15, 0.2) is 0 Å². The molecule has 0 aliphatic heterocycles. The number of rotatable bonds is 4. The van der Waals surface area contributed by atoms with Crippen molar-refractivity contribution in [3.8, 4) is 0 Å². The topological polar surface area (TPSA) is 43.4 Å². The van der Waals surface area contributed by atoms with E-state index in [1.165, 1.54) is 7.11 Å². The van der Waals surface area contributed by atoms with Gasteiger partial charge in [-0.3, -0.25) is 4.79 Å². The van der Waals surface area contributed by atoms with Crippen LogP contribution in [-0.2, 0) is 4.74 Å². The number of methoxy groups -OCH3 is 1. The highest BCUT2D eigenvalue weighted by Gasteiger charge is 2.02. The Morgan fingerprint density at radius 1 is 0.850 bits per heavy atom. The van der Waals surface area contributed by atoms with Gasteiger partial charge in [0, 0.05) is 5.56 Å². The number of carbonyl (C=O) groups is 2. The minimum absolute atomic E-state index is 0.343. The van der Waals surface area contributed by atoms with Gasteiger partial charge in [-0.15, -0.1) is 0 Å². The normalized spacial score (nSPS) is 10.4. The van der Waals surface area contributed by atoms with Crippen LogP contribution in [0.3, 0.4) is 0 Å². The van der Waals surface area contributed by atoms with E-state index in [2.05, 4.69) is 4.74 Å². The van der Waals surface area contributed by atoms with Crippen molar-refractivity contribution in [2.75, 3.05) is 7.11 Å². The molecule has 100 valence electrons. The van der Waals surface area contributed by atoms with Gasteiger partial charge in [0.05, 0.1) is 12.7 Å². The summed E-state index contributed by atoms with van der Waals surface area (Å²) in [6.45, 7) is 0. The maximum atomic E-state index is 11.3. The fourth-order valence-electron chi connectivity index (χ4n) is 1.73. The van der Waals surface area contributed by atoms with E-state index >= 15 is 0 Å². The quantitative estimate of drug-likeness (QED) is 0.483. The molecule has 2 aromatic carbocycles. The standard InChI is InChI=1S/C17H14O3/c1-20-17(19)16-10-8-14(9-11-16)3-2-13-4-6-15(12-18)7-5-13/h2-12H,1H3. The number of hydrogen-bond acceptors (Lipinski definition) is 3. The van der Waals surface area contributed by atoms with Gasteiger partial charge in [-0.1, -0.05) is 48.6 Å². The zero-order valence-corrected chi connectivity index (χ0v) is 11.1. The molecule has 0 saturated heterocycles. The van der Waals surface area contributed by atoms with Gasteiger partial charge in [0.2, 0.25) is 0 Å². The van der Waals surface area contributed by atoms with E-state index in [0.717, 1.165) is 17.4 Å². The van der Waals surface area contributed by atoms with Gasteiger partial charge < -0.3 is 4.74 Å². The zero-order chi connectivity index (χ0) is 14.4. The first-order valence-corrected chi connectivity index (χ1v) is 6.14. The lowest BCUT2D eigenvalue weighted by Crippen LogP contribution is -2.00. The summed E-state index contributed by atoms with van der Waals surface area (Å²) in [6.07, 6.45) is 4.71. The Kier molecular flexibility index (Phi) is 4.45. The highest BCUT2D eigenvalue weighted by Crippen LogP contribution is 2.11. The Morgan fingerprint density at radius 2 is 1.30 bits per heavy atom. The van der Waals surface area contributed by atoms with E-state index < -0.39 is 0 Å². The van der Waals surface area contributed by atoms with Crippen LogP contribution in [-0.4, -0.2) is 19.4 Å². The smallest absolute Gasteiger partial charge is 0.337 e. The molecule has 0 aliphatic carbocycles. The molecule has 0 aliphatic rings. The minimum atomic E-state index is -0.343. The average Bonchev–Trinajstić information content (AvgIpc) is 2.53. The van der Waals surface area contributed by atoms with E-state index in [1.807, 2.05) is 36.4 Å². The van der Waals surface area contributed by atoms with E-state index in [-0.39, 0.29) is 5.97 Å². The first-order valence-electron chi connectivity index (χ1n) is 6.14. The molecule has 0 saturated carbocycles. The molecule has 0 radical (unpaired) electrons. The SMILES string of the molecule is COC(=O)c1ccc(C=Cc2ccc(C=O)cc2)cc1. The summed E-state index contributed by atoms with van der Waals surface area (Å²) in [6, 6.07) is 14.4. The predicted molar refractivity (Wildman–Crippen MR) is 78.5 cm³/mol. The van der Waals surface area contributed by atoms with E-state index in [1.54, 1.807) is 24.3 Å². The Balaban J connectivity index is 2.10. The number of carbonyl (C=O) groups excluding carboxylic acids is 2. The van der Waals surface area contributed by atoms with Crippen LogP contribution in [0.25, 0.3) is 12.2 Å². The maximum absolute atomic E-state index is 11.3. The van der Waals surface area contributed by atoms with Gasteiger partial charge in [0.25, 0.3) is 0 Å². The Labute approximate surface area is 117 Å². The number of benzene rings is 2. The maximum Gasteiger partial charge on any atom is 0.337 e. The van der Waals surface area contributed by atoms with Crippen molar-refractivity contribution in [2.24, 2.45) is 0 Å². The van der Waals surface area contributed by atoms with Crippen LogP contribution < -0.4 is 0 Å². The van der Waals surface area contributed by atoms with Crippen LogP contribution >= 0.6 is 0 Å². The first-order chi connectivity index (χ1) is 9.72. The second-order valence-corrected chi connectivity index (χ2v) is 4.23. The van der Waals surface area contributed by atoms with Crippen molar-refractivity contribution in [3.63, 3.8) is 0 Å². The third-order valence-electron chi connectivity index (χ3n) is 2.87. The van der Waals surface area contributed by atoms with Crippen LogP contribution in [0.5, 0.6) is 0 Å². The molecule has 0 heterocycles.